The normalized spacial score (nSPS) is 11.6. The molecule has 1 aromatic carbocycles. The molecule has 19 heavy (non-hydrogen) atoms. The molecule has 0 saturated heterocycles. The summed E-state index contributed by atoms with van der Waals surface area (Å²) in [6.45, 7) is 0. The zero-order chi connectivity index (χ0) is 14.3. The Labute approximate surface area is 111 Å². The van der Waals surface area contributed by atoms with E-state index in [1.807, 2.05) is 6.07 Å². The van der Waals surface area contributed by atoms with Gasteiger partial charge in [0.05, 0.1) is 0 Å². The summed E-state index contributed by atoms with van der Waals surface area (Å²) < 4.78 is 4.74. The Bertz CT molecular complexity index is 448. The molecule has 0 aliphatic heterocycles. The van der Waals surface area contributed by atoms with Gasteiger partial charge < -0.3 is 20.9 Å². The first-order valence-corrected chi connectivity index (χ1v) is 5.99. The lowest BCUT2D eigenvalue weighted by molar-refractivity contribution is -0.129. The summed E-state index contributed by atoms with van der Waals surface area (Å²) in [5.41, 5.74) is 5.70. The molecule has 6 heteroatoms. The first-order chi connectivity index (χ1) is 9.04. The number of carbonyl (C=O) groups is 2. The SMILES string of the molecule is CNC(=O)C(CCCc1ccccc1O)OC(N)=O. The summed E-state index contributed by atoms with van der Waals surface area (Å²) in [7, 11) is 1.46. The number of nitrogens with two attached hydrogens (primary N) is 1. The van der Waals surface area contributed by atoms with E-state index in [1.165, 1.54) is 7.05 Å². The molecule has 2 amide bonds. The van der Waals surface area contributed by atoms with Crippen LogP contribution in [-0.2, 0) is 16.0 Å². The van der Waals surface area contributed by atoms with Crippen molar-refractivity contribution in [1.29, 1.82) is 0 Å². The fraction of sp³-hybridized carbons (Fsp3) is 0.385. The Kier molecular flexibility index (Phi) is 5.66. The summed E-state index contributed by atoms with van der Waals surface area (Å²) in [6.07, 6.45) is -0.355. The number of primary amides is 1. The number of rotatable bonds is 6. The number of phenolic OH excluding ortho intramolecular Hbond substituents is 1. The molecule has 0 heterocycles. The second kappa shape index (κ2) is 7.25. The van der Waals surface area contributed by atoms with Gasteiger partial charge in [0.25, 0.3) is 5.91 Å². The van der Waals surface area contributed by atoms with Gasteiger partial charge in [-0.1, -0.05) is 18.2 Å². The van der Waals surface area contributed by atoms with Gasteiger partial charge in [-0.3, -0.25) is 4.79 Å². The molecule has 1 atom stereocenters. The van der Waals surface area contributed by atoms with Crippen LogP contribution in [0.1, 0.15) is 18.4 Å². The van der Waals surface area contributed by atoms with Gasteiger partial charge in [-0.25, -0.2) is 4.79 Å². The van der Waals surface area contributed by atoms with Gasteiger partial charge in [0.2, 0.25) is 0 Å². The number of benzene rings is 1. The van der Waals surface area contributed by atoms with Crippen molar-refractivity contribution < 1.29 is 19.4 Å². The predicted octanol–water partition coefficient (Wildman–Crippen LogP) is 0.925. The Morgan fingerprint density at radius 3 is 2.68 bits per heavy atom. The van der Waals surface area contributed by atoms with Crippen molar-refractivity contribution in [3.8, 4) is 5.75 Å². The highest BCUT2D eigenvalue weighted by Crippen LogP contribution is 2.18. The van der Waals surface area contributed by atoms with Gasteiger partial charge in [-0.05, 0) is 30.9 Å². The molecule has 0 bridgehead atoms. The Morgan fingerprint density at radius 2 is 2.11 bits per heavy atom. The van der Waals surface area contributed by atoms with Crippen molar-refractivity contribution in [3.05, 3.63) is 29.8 Å². The number of phenols is 1. The Hall–Kier alpha value is -2.24. The Balaban J connectivity index is 2.50. The largest absolute Gasteiger partial charge is 0.508 e. The van der Waals surface area contributed by atoms with Crippen molar-refractivity contribution in [3.63, 3.8) is 0 Å². The molecule has 0 saturated carbocycles. The van der Waals surface area contributed by atoms with Crippen LogP contribution < -0.4 is 11.1 Å². The number of hydrogen-bond donors (Lipinski definition) is 3. The van der Waals surface area contributed by atoms with Crippen LogP contribution in [0.25, 0.3) is 0 Å². The third kappa shape index (κ3) is 4.87. The minimum absolute atomic E-state index is 0.217. The summed E-state index contributed by atoms with van der Waals surface area (Å²) in [6, 6.07) is 6.97. The second-order valence-electron chi connectivity index (χ2n) is 4.06. The molecule has 0 aliphatic rings. The maximum absolute atomic E-state index is 11.5. The zero-order valence-electron chi connectivity index (χ0n) is 10.8. The van der Waals surface area contributed by atoms with E-state index in [0.717, 1.165) is 5.56 Å². The van der Waals surface area contributed by atoms with Gasteiger partial charge in [0.15, 0.2) is 6.10 Å². The van der Waals surface area contributed by atoms with Gasteiger partial charge in [-0.2, -0.15) is 0 Å². The molecule has 1 rings (SSSR count). The van der Waals surface area contributed by atoms with Crippen LogP contribution in [0, 0.1) is 0 Å². The van der Waals surface area contributed by atoms with Crippen molar-refractivity contribution in [2.45, 2.75) is 25.4 Å². The van der Waals surface area contributed by atoms with Gasteiger partial charge in [0.1, 0.15) is 5.75 Å². The molecule has 0 radical (unpaired) electrons. The average Bonchev–Trinajstić information content (AvgIpc) is 2.38. The summed E-state index contributed by atoms with van der Waals surface area (Å²) in [5, 5.41) is 12.0. The number of carbonyl (C=O) groups excluding carboxylic acids is 2. The van der Waals surface area contributed by atoms with Gasteiger partial charge in [-0.15, -0.1) is 0 Å². The fourth-order valence-electron chi connectivity index (χ4n) is 1.74. The van der Waals surface area contributed by atoms with Crippen molar-refractivity contribution in [2.75, 3.05) is 7.05 Å². The van der Waals surface area contributed by atoms with E-state index >= 15 is 0 Å². The lowest BCUT2D eigenvalue weighted by Gasteiger charge is -2.14. The number of para-hydroxylation sites is 1. The number of ether oxygens (including phenoxy) is 1. The van der Waals surface area contributed by atoms with Gasteiger partial charge >= 0.3 is 6.09 Å². The fourth-order valence-corrected chi connectivity index (χ4v) is 1.74. The van der Waals surface area contributed by atoms with Crippen LogP contribution in [0.3, 0.4) is 0 Å². The molecule has 0 spiro atoms. The monoisotopic (exact) mass is 266 g/mol. The van der Waals surface area contributed by atoms with Gasteiger partial charge in [0, 0.05) is 7.05 Å². The predicted molar refractivity (Wildman–Crippen MR) is 69.6 cm³/mol. The molecule has 104 valence electrons. The molecule has 0 fully saturated rings. The van der Waals surface area contributed by atoms with Crippen molar-refractivity contribution in [2.24, 2.45) is 5.73 Å². The van der Waals surface area contributed by atoms with E-state index in [4.69, 9.17) is 10.5 Å². The zero-order valence-corrected chi connectivity index (χ0v) is 10.8. The molecule has 1 unspecified atom stereocenters. The van der Waals surface area contributed by atoms with Crippen LogP contribution in [0.4, 0.5) is 4.79 Å². The van der Waals surface area contributed by atoms with E-state index in [1.54, 1.807) is 18.2 Å². The number of nitrogens with one attached hydrogen (secondary N) is 1. The van der Waals surface area contributed by atoms with Crippen molar-refractivity contribution >= 4 is 12.0 Å². The molecule has 6 nitrogen and oxygen atoms in total. The molecular formula is C13H18N2O4. The minimum atomic E-state index is -0.976. The average molecular weight is 266 g/mol. The van der Waals surface area contributed by atoms with E-state index < -0.39 is 18.1 Å². The molecule has 0 aromatic heterocycles. The summed E-state index contributed by atoms with van der Waals surface area (Å²) in [5.74, 6) is -0.175. The second-order valence-corrected chi connectivity index (χ2v) is 4.06. The topological polar surface area (TPSA) is 102 Å². The standard InChI is InChI=1S/C13H18N2O4/c1-15-12(17)11(19-13(14)18)8-4-6-9-5-2-3-7-10(9)16/h2-3,5,7,11,16H,4,6,8H2,1H3,(H2,14,18)(H,15,17). The van der Waals surface area contributed by atoms with E-state index in [-0.39, 0.29) is 5.75 Å². The molecule has 1 aromatic rings. The van der Waals surface area contributed by atoms with Crippen LogP contribution in [-0.4, -0.2) is 30.3 Å². The lowest BCUT2D eigenvalue weighted by Crippen LogP contribution is -2.37. The van der Waals surface area contributed by atoms with Crippen molar-refractivity contribution in [1.82, 2.24) is 5.32 Å². The van der Waals surface area contributed by atoms with Crippen LogP contribution in [0.15, 0.2) is 24.3 Å². The van der Waals surface area contributed by atoms with Crippen LogP contribution >= 0.6 is 0 Å². The quantitative estimate of drug-likeness (QED) is 0.712. The Morgan fingerprint density at radius 1 is 1.42 bits per heavy atom. The van der Waals surface area contributed by atoms with E-state index in [2.05, 4.69) is 5.32 Å². The highest BCUT2D eigenvalue weighted by atomic mass is 16.6. The number of hydrogen-bond acceptors (Lipinski definition) is 4. The molecule has 0 aliphatic carbocycles. The first-order valence-electron chi connectivity index (χ1n) is 5.99. The van der Waals surface area contributed by atoms with E-state index in [9.17, 15) is 14.7 Å². The first kappa shape index (κ1) is 14.8. The van der Waals surface area contributed by atoms with Crippen LogP contribution in [0.5, 0.6) is 5.75 Å². The lowest BCUT2D eigenvalue weighted by atomic mass is 10.0. The maximum Gasteiger partial charge on any atom is 0.405 e. The molecular weight excluding hydrogens is 248 g/mol. The number of aryl methyl sites for hydroxylation is 1. The maximum atomic E-state index is 11.5. The number of likely N-dealkylation sites (N-methyl/N-ethyl adjacent to an activating group) is 1. The number of aromatic hydroxyl groups is 1. The molecule has 4 N–H and O–H groups in total. The highest BCUT2D eigenvalue weighted by molar-refractivity contribution is 5.82. The van der Waals surface area contributed by atoms with Crippen LogP contribution in [0.2, 0.25) is 0 Å². The number of amides is 2. The third-order valence-electron chi connectivity index (χ3n) is 2.70. The smallest absolute Gasteiger partial charge is 0.405 e. The van der Waals surface area contributed by atoms with E-state index in [0.29, 0.717) is 19.3 Å². The summed E-state index contributed by atoms with van der Waals surface area (Å²) >= 11 is 0. The highest BCUT2D eigenvalue weighted by Gasteiger charge is 2.20. The minimum Gasteiger partial charge on any atom is -0.508 e. The third-order valence-corrected chi connectivity index (χ3v) is 2.70. The summed E-state index contributed by atoms with van der Waals surface area (Å²) in [4.78, 5) is 22.2.